The summed E-state index contributed by atoms with van der Waals surface area (Å²) in [5, 5.41) is 27.7. The summed E-state index contributed by atoms with van der Waals surface area (Å²) in [4.78, 5) is 55.6. The Bertz CT molecular complexity index is 1010. The first-order chi connectivity index (χ1) is 15.8. The molecule has 33 heavy (non-hydrogen) atoms. The average molecular weight is 458 g/mol. The highest BCUT2D eigenvalue weighted by Crippen LogP contribution is 2.31. The molecular weight excluding hydrogens is 432 g/mol. The van der Waals surface area contributed by atoms with Gasteiger partial charge in [0.15, 0.2) is 5.82 Å². The van der Waals surface area contributed by atoms with Crippen molar-refractivity contribution < 1.29 is 24.3 Å². The Labute approximate surface area is 189 Å². The molecule has 13 heteroatoms. The molecule has 0 bridgehead atoms. The van der Waals surface area contributed by atoms with Crippen LogP contribution in [0.3, 0.4) is 0 Å². The molecule has 0 saturated carbocycles. The standard InChI is InChI=1S/C20H26N8O5/c1-11(2)8-16(29)23-13(5-6-17(30)31)20(33)28-14(9-12-4-3-7-21-18(12)28)19(32)22-10-15-24-26-27-25-15/h3-4,7,11,13-14H,5-6,8-10H2,1-2H3,(H,22,32)(H,23,29)(H,30,31)(H,24,25,26,27). The molecule has 0 aliphatic carbocycles. The number of fused-ring (bicyclic) bond motifs is 1. The van der Waals surface area contributed by atoms with Crippen molar-refractivity contribution in [2.24, 2.45) is 5.92 Å². The van der Waals surface area contributed by atoms with E-state index in [0.29, 0.717) is 11.4 Å². The number of carboxylic acid groups (broad SMARTS) is 1. The summed E-state index contributed by atoms with van der Waals surface area (Å²) in [5.74, 6) is -1.89. The first-order valence-corrected chi connectivity index (χ1v) is 10.5. The van der Waals surface area contributed by atoms with Crippen LogP contribution in [0.4, 0.5) is 5.82 Å². The normalized spacial score (nSPS) is 15.7. The first kappa shape index (κ1) is 23.8. The van der Waals surface area contributed by atoms with E-state index in [9.17, 15) is 19.2 Å². The number of aromatic amines is 1. The molecule has 0 fully saturated rings. The zero-order chi connectivity index (χ0) is 24.0. The van der Waals surface area contributed by atoms with Gasteiger partial charge in [-0.1, -0.05) is 25.1 Å². The highest BCUT2D eigenvalue weighted by Gasteiger charge is 2.42. The van der Waals surface area contributed by atoms with Gasteiger partial charge in [0.25, 0.3) is 5.91 Å². The largest absolute Gasteiger partial charge is 0.481 e. The van der Waals surface area contributed by atoms with Gasteiger partial charge in [-0.25, -0.2) is 4.98 Å². The maximum absolute atomic E-state index is 13.5. The van der Waals surface area contributed by atoms with Crippen LogP contribution in [0.15, 0.2) is 18.3 Å². The molecule has 13 nitrogen and oxygen atoms in total. The molecule has 4 N–H and O–H groups in total. The van der Waals surface area contributed by atoms with Gasteiger partial charge in [-0.2, -0.15) is 5.21 Å². The van der Waals surface area contributed by atoms with Gasteiger partial charge in [0.2, 0.25) is 11.8 Å². The predicted octanol–water partition coefficient (Wildman–Crippen LogP) is -0.435. The molecule has 3 heterocycles. The summed E-state index contributed by atoms with van der Waals surface area (Å²) in [6.45, 7) is 3.72. The molecule has 1 aliphatic heterocycles. The third-order valence-corrected chi connectivity index (χ3v) is 5.04. The lowest BCUT2D eigenvalue weighted by Crippen LogP contribution is -2.55. The van der Waals surface area contributed by atoms with Gasteiger partial charge in [-0.15, -0.1) is 10.2 Å². The van der Waals surface area contributed by atoms with Crippen LogP contribution in [-0.2, 0) is 32.1 Å². The van der Waals surface area contributed by atoms with E-state index < -0.39 is 29.9 Å². The van der Waals surface area contributed by atoms with E-state index in [2.05, 4.69) is 36.2 Å². The number of anilines is 1. The summed E-state index contributed by atoms with van der Waals surface area (Å²) < 4.78 is 0. The highest BCUT2D eigenvalue weighted by atomic mass is 16.4. The summed E-state index contributed by atoms with van der Waals surface area (Å²) in [6.07, 6.45) is 1.46. The number of hydrogen-bond donors (Lipinski definition) is 4. The van der Waals surface area contributed by atoms with Crippen molar-refractivity contribution >= 4 is 29.5 Å². The molecule has 2 unspecified atom stereocenters. The van der Waals surface area contributed by atoms with Crippen LogP contribution in [0.1, 0.15) is 44.5 Å². The van der Waals surface area contributed by atoms with Crippen molar-refractivity contribution in [2.75, 3.05) is 4.90 Å². The first-order valence-electron chi connectivity index (χ1n) is 10.5. The lowest BCUT2D eigenvalue weighted by Gasteiger charge is -2.28. The lowest BCUT2D eigenvalue weighted by molar-refractivity contribution is -0.138. The van der Waals surface area contributed by atoms with Crippen LogP contribution in [-0.4, -0.2) is 66.5 Å². The predicted molar refractivity (Wildman–Crippen MR) is 113 cm³/mol. The van der Waals surface area contributed by atoms with Gasteiger partial charge in [0, 0.05) is 25.5 Å². The van der Waals surface area contributed by atoms with Crippen LogP contribution in [0.5, 0.6) is 0 Å². The summed E-state index contributed by atoms with van der Waals surface area (Å²) >= 11 is 0. The highest BCUT2D eigenvalue weighted by molar-refractivity contribution is 6.06. The fourth-order valence-corrected chi connectivity index (χ4v) is 3.58. The van der Waals surface area contributed by atoms with Gasteiger partial charge in [-0.05, 0) is 24.0 Å². The van der Waals surface area contributed by atoms with Crippen LogP contribution >= 0.6 is 0 Å². The maximum atomic E-state index is 13.5. The number of carbonyl (C=O) groups is 4. The Kier molecular flexibility index (Phi) is 7.64. The number of hydrogen-bond acceptors (Lipinski definition) is 8. The minimum Gasteiger partial charge on any atom is -0.481 e. The molecule has 0 radical (unpaired) electrons. The Morgan fingerprint density at radius 2 is 2.09 bits per heavy atom. The molecule has 0 spiro atoms. The molecule has 1 aliphatic rings. The fourth-order valence-electron chi connectivity index (χ4n) is 3.58. The third-order valence-electron chi connectivity index (χ3n) is 5.04. The minimum atomic E-state index is -1.12. The molecule has 2 aromatic heterocycles. The van der Waals surface area contributed by atoms with E-state index in [-0.39, 0.29) is 49.9 Å². The number of tetrazole rings is 1. The van der Waals surface area contributed by atoms with E-state index in [1.807, 2.05) is 13.8 Å². The van der Waals surface area contributed by atoms with Crippen molar-refractivity contribution in [3.63, 3.8) is 0 Å². The molecule has 3 rings (SSSR count). The van der Waals surface area contributed by atoms with Crippen molar-refractivity contribution in [1.82, 2.24) is 36.2 Å². The second-order valence-electron chi connectivity index (χ2n) is 8.11. The topological polar surface area (TPSA) is 183 Å². The number of pyridine rings is 1. The zero-order valence-electron chi connectivity index (χ0n) is 18.3. The second-order valence-corrected chi connectivity index (χ2v) is 8.11. The number of carbonyl (C=O) groups excluding carboxylic acids is 3. The minimum absolute atomic E-state index is 0.00516. The SMILES string of the molecule is CC(C)CC(=O)NC(CCC(=O)O)C(=O)N1c2ncccc2CC1C(=O)NCc1nn[nH]n1. The van der Waals surface area contributed by atoms with Crippen molar-refractivity contribution in [3.05, 3.63) is 29.7 Å². The Balaban J connectivity index is 1.83. The van der Waals surface area contributed by atoms with E-state index in [1.165, 1.54) is 11.1 Å². The molecule has 2 aromatic rings. The van der Waals surface area contributed by atoms with Crippen molar-refractivity contribution in [1.29, 1.82) is 0 Å². The van der Waals surface area contributed by atoms with Crippen LogP contribution in [0.25, 0.3) is 0 Å². The Morgan fingerprint density at radius 3 is 2.76 bits per heavy atom. The molecule has 176 valence electrons. The number of nitrogens with one attached hydrogen (secondary N) is 3. The summed E-state index contributed by atoms with van der Waals surface area (Å²) in [7, 11) is 0. The quantitative estimate of drug-likeness (QED) is 0.367. The number of rotatable bonds is 10. The third kappa shape index (κ3) is 6.08. The van der Waals surface area contributed by atoms with Gasteiger partial charge in [-0.3, -0.25) is 24.1 Å². The molecule has 0 saturated heterocycles. The summed E-state index contributed by atoms with van der Waals surface area (Å²) in [6, 6.07) is 1.42. The lowest BCUT2D eigenvalue weighted by atomic mass is 10.1. The van der Waals surface area contributed by atoms with E-state index in [1.54, 1.807) is 12.1 Å². The van der Waals surface area contributed by atoms with Gasteiger partial charge in [0.05, 0.1) is 6.54 Å². The van der Waals surface area contributed by atoms with Crippen molar-refractivity contribution in [2.45, 2.75) is 58.2 Å². The van der Waals surface area contributed by atoms with E-state index >= 15 is 0 Å². The summed E-state index contributed by atoms with van der Waals surface area (Å²) in [5.41, 5.74) is 0.691. The second kappa shape index (κ2) is 10.6. The number of H-pyrrole nitrogens is 1. The maximum Gasteiger partial charge on any atom is 0.303 e. The number of amides is 3. The Morgan fingerprint density at radius 1 is 1.30 bits per heavy atom. The number of aromatic nitrogens is 5. The molecular formula is C20H26N8O5. The fraction of sp³-hybridized carbons (Fsp3) is 0.500. The van der Waals surface area contributed by atoms with Crippen LogP contribution in [0.2, 0.25) is 0 Å². The monoisotopic (exact) mass is 458 g/mol. The zero-order valence-corrected chi connectivity index (χ0v) is 18.3. The van der Waals surface area contributed by atoms with E-state index in [0.717, 1.165) is 0 Å². The smallest absolute Gasteiger partial charge is 0.303 e. The van der Waals surface area contributed by atoms with E-state index in [4.69, 9.17) is 5.11 Å². The number of nitrogens with zero attached hydrogens (tertiary/aromatic N) is 5. The molecule has 2 atom stereocenters. The average Bonchev–Trinajstić information content (AvgIpc) is 3.41. The van der Waals surface area contributed by atoms with Gasteiger partial charge >= 0.3 is 5.97 Å². The molecule has 3 amide bonds. The van der Waals surface area contributed by atoms with Gasteiger partial charge < -0.3 is 15.7 Å². The number of aliphatic carboxylic acids is 1. The van der Waals surface area contributed by atoms with Crippen molar-refractivity contribution in [3.8, 4) is 0 Å². The van der Waals surface area contributed by atoms with Gasteiger partial charge in [0.1, 0.15) is 17.9 Å². The Hall–Kier alpha value is -3.90. The molecule has 0 aromatic carbocycles. The number of carboxylic acids is 1. The van der Waals surface area contributed by atoms with Crippen LogP contribution < -0.4 is 15.5 Å². The van der Waals surface area contributed by atoms with Crippen LogP contribution in [0, 0.1) is 5.92 Å².